The van der Waals surface area contributed by atoms with E-state index in [0.717, 1.165) is 18.9 Å². The van der Waals surface area contributed by atoms with Crippen molar-refractivity contribution < 1.29 is 18.7 Å². The number of hydrogen-bond donors (Lipinski definition) is 0. The zero-order valence-corrected chi connectivity index (χ0v) is 15.1. The van der Waals surface area contributed by atoms with E-state index in [1.165, 1.54) is 70.6 Å². The van der Waals surface area contributed by atoms with Crippen LogP contribution in [0, 0.1) is 5.82 Å². The second kappa shape index (κ2) is 12.8. The van der Waals surface area contributed by atoms with Gasteiger partial charge in [-0.05, 0) is 24.6 Å². The van der Waals surface area contributed by atoms with Gasteiger partial charge in [0.15, 0.2) is 11.6 Å². The van der Waals surface area contributed by atoms with Crippen molar-refractivity contribution in [2.45, 2.75) is 71.1 Å². The molecule has 0 saturated heterocycles. The van der Waals surface area contributed by atoms with Gasteiger partial charge in [-0.2, -0.15) is 0 Å². The van der Waals surface area contributed by atoms with Gasteiger partial charge in [-0.1, -0.05) is 64.7 Å². The SMILES string of the molecule is CCCCCCCCCCCCOc1ccc(C(=O)OC)cc1F. The average molecular weight is 338 g/mol. The standard InChI is InChI=1S/C20H31FO3/c1-3-4-5-6-7-8-9-10-11-12-15-24-19-14-13-17(16-18(19)21)20(22)23-2/h13-14,16H,3-12,15H2,1-2H3. The molecule has 4 heteroatoms. The number of esters is 1. The fraction of sp³-hybridized carbons (Fsp3) is 0.650. The van der Waals surface area contributed by atoms with E-state index in [1.54, 1.807) is 0 Å². The van der Waals surface area contributed by atoms with Crippen molar-refractivity contribution in [2.24, 2.45) is 0 Å². The van der Waals surface area contributed by atoms with Gasteiger partial charge in [-0.25, -0.2) is 9.18 Å². The number of carbonyl (C=O) groups is 1. The van der Waals surface area contributed by atoms with Gasteiger partial charge in [0.2, 0.25) is 0 Å². The molecular weight excluding hydrogens is 307 g/mol. The topological polar surface area (TPSA) is 35.5 Å². The van der Waals surface area contributed by atoms with Crippen molar-refractivity contribution in [1.82, 2.24) is 0 Å². The molecule has 0 atom stereocenters. The van der Waals surface area contributed by atoms with Crippen molar-refractivity contribution in [3.63, 3.8) is 0 Å². The Kier molecular flexibility index (Phi) is 10.9. The number of rotatable bonds is 13. The summed E-state index contributed by atoms with van der Waals surface area (Å²) in [6, 6.07) is 4.15. The lowest BCUT2D eigenvalue weighted by atomic mass is 10.1. The molecule has 0 aliphatic heterocycles. The Morgan fingerprint density at radius 1 is 0.958 bits per heavy atom. The van der Waals surface area contributed by atoms with E-state index in [2.05, 4.69) is 11.7 Å². The van der Waals surface area contributed by atoms with E-state index in [0.29, 0.717) is 6.61 Å². The Balaban J connectivity index is 2.08. The van der Waals surface area contributed by atoms with Crippen LogP contribution in [-0.2, 0) is 4.74 Å². The minimum atomic E-state index is -0.546. The van der Waals surface area contributed by atoms with Crippen LogP contribution in [-0.4, -0.2) is 19.7 Å². The molecule has 0 saturated carbocycles. The quantitative estimate of drug-likeness (QED) is 0.331. The minimum absolute atomic E-state index is 0.193. The molecule has 0 fully saturated rings. The number of unbranched alkanes of at least 4 members (excludes halogenated alkanes) is 9. The van der Waals surface area contributed by atoms with Crippen LogP contribution in [0.1, 0.15) is 81.5 Å². The third kappa shape index (κ3) is 8.32. The Bertz CT molecular complexity index is 474. The molecule has 0 amide bonds. The van der Waals surface area contributed by atoms with Gasteiger partial charge >= 0.3 is 5.97 Å². The second-order valence-electron chi connectivity index (χ2n) is 6.17. The predicted octanol–water partition coefficient (Wildman–Crippen LogP) is 5.91. The Morgan fingerprint density at radius 2 is 1.54 bits per heavy atom. The molecule has 24 heavy (non-hydrogen) atoms. The molecule has 1 aromatic rings. The molecule has 1 aromatic carbocycles. The molecule has 0 radical (unpaired) electrons. The zero-order valence-electron chi connectivity index (χ0n) is 15.1. The molecule has 0 unspecified atom stereocenters. The van der Waals surface area contributed by atoms with Crippen molar-refractivity contribution in [1.29, 1.82) is 0 Å². The zero-order chi connectivity index (χ0) is 17.6. The first-order valence-corrected chi connectivity index (χ1v) is 9.19. The Morgan fingerprint density at radius 3 is 2.08 bits per heavy atom. The summed E-state index contributed by atoms with van der Waals surface area (Å²) in [5, 5.41) is 0. The van der Waals surface area contributed by atoms with E-state index >= 15 is 0 Å². The molecule has 1 rings (SSSR count). The van der Waals surface area contributed by atoms with Crippen LogP contribution in [0.3, 0.4) is 0 Å². The monoisotopic (exact) mass is 338 g/mol. The summed E-state index contributed by atoms with van der Waals surface area (Å²) in [4.78, 5) is 11.3. The lowest BCUT2D eigenvalue weighted by Crippen LogP contribution is -2.04. The van der Waals surface area contributed by atoms with Crippen molar-refractivity contribution in [2.75, 3.05) is 13.7 Å². The maximum absolute atomic E-state index is 13.8. The number of carbonyl (C=O) groups excluding carboxylic acids is 1. The van der Waals surface area contributed by atoms with E-state index < -0.39 is 11.8 Å². The number of benzene rings is 1. The first-order valence-electron chi connectivity index (χ1n) is 9.19. The summed E-state index contributed by atoms with van der Waals surface area (Å²) in [5.41, 5.74) is 0.196. The van der Waals surface area contributed by atoms with E-state index in [-0.39, 0.29) is 11.3 Å². The van der Waals surface area contributed by atoms with E-state index in [4.69, 9.17) is 4.74 Å². The second-order valence-corrected chi connectivity index (χ2v) is 6.17. The highest BCUT2D eigenvalue weighted by Gasteiger charge is 2.10. The molecule has 0 N–H and O–H groups in total. The summed E-state index contributed by atoms with van der Waals surface area (Å²) in [6.45, 7) is 2.74. The van der Waals surface area contributed by atoms with E-state index in [9.17, 15) is 9.18 Å². The van der Waals surface area contributed by atoms with Crippen LogP contribution >= 0.6 is 0 Å². The predicted molar refractivity (Wildman–Crippen MR) is 95.1 cm³/mol. The van der Waals surface area contributed by atoms with Crippen molar-refractivity contribution >= 4 is 5.97 Å². The molecule has 0 spiro atoms. The molecular formula is C20H31FO3. The average Bonchev–Trinajstić information content (AvgIpc) is 2.60. The molecule has 0 aliphatic carbocycles. The molecule has 0 bridgehead atoms. The van der Waals surface area contributed by atoms with Gasteiger partial charge in [0.05, 0.1) is 19.3 Å². The van der Waals surface area contributed by atoms with Crippen molar-refractivity contribution in [3.05, 3.63) is 29.6 Å². The van der Waals surface area contributed by atoms with Crippen LogP contribution in [0.2, 0.25) is 0 Å². The van der Waals surface area contributed by atoms with Gasteiger partial charge in [-0.15, -0.1) is 0 Å². The highest BCUT2D eigenvalue weighted by atomic mass is 19.1. The van der Waals surface area contributed by atoms with Crippen LogP contribution < -0.4 is 4.74 Å². The smallest absolute Gasteiger partial charge is 0.337 e. The van der Waals surface area contributed by atoms with Gasteiger partial charge in [-0.3, -0.25) is 0 Å². The molecule has 0 aliphatic rings. The number of ether oxygens (including phenoxy) is 2. The molecule has 136 valence electrons. The highest BCUT2D eigenvalue weighted by Crippen LogP contribution is 2.19. The molecule has 0 heterocycles. The highest BCUT2D eigenvalue weighted by molar-refractivity contribution is 5.89. The molecule has 3 nitrogen and oxygen atoms in total. The van der Waals surface area contributed by atoms with E-state index in [1.807, 2.05) is 0 Å². The van der Waals surface area contributed by atoms with Crippen LogP contribution in [0.15, 0.2) is 18.2 Å². The summed E-state index contributed by atoms with van der Waals surface area (Å²) in [6.07, 6.45) is 12.5. The number of methoxy groups -OCH3 is 1. The minimum Gasteiger partial charge on any atom is -0.491 e. The van der Waals surface area contributed by atoms with Crippen LogP contribution in [0.25, 0.3) is 0 Å². The maximum Gasteiger partial charge on any atom is 0.337 e. The third-order valence-electron chi connectivity index (χ3n) is 4.11. The Hall–Kier alpha value is -1.58. The summed E-state index contributed by atoms with van der Waals surface area (Å²) >= 11 is 0. The summed E-state index contributed by atoms with van der Waals surface area (Å²) in [7, 11) is 1.27. The van der Waals surface area contributed by atoms with Gasteiger partial charge in [0, 0.05) is 0 Å². The lowest BCUT2D eigenvalue weighted by molar-refractivity contribution is 0.0600. The lowest BCUT2D eigenvalue weighted by Gasteiger charge is -2.08. The fourth-order valence-electron chi connectivity index (χ4n) is 2.63. The largest absolute Gasteiger partial charge is 0.491 e. The first-order chi connectivity index (χ1) is 11.7. The van der Waals surface area contributed by atoms with Gasteiger partial charge < -0.3 is 9.47 Å². The fourth-order valence-corrected chi connectivity index (χ4v) is 2.63. The summed E-state index contributed by atoms with van der Waals surface area (Å²) in [5.74, 6) is -0.876. The number of halogens is 1. The summed E-state index contributed by atoms with van der Waals surface area (Å²) < 4.78 is 23.8. The first kappa shape index (κ1) is 20.5. The van der Waals surface area contributed by atoms with Crippen LogP contribution in [0.5, 0.6) is 5.75 Å². The van der Waals surface area contributed by atoms with Gasteiger partial charge in [0.25, 0.3) is 0 Å². The van der Waals surface area contributed by atoms with Crippen LogP contribution in [0.4, 0.5) is 4.39 Å². The van der Waals surface area contributed by atoms with Crippen molar-refractivity contribution in [3.8, 4) is 5.75 Å². The normalized spacial score (nSPS) is 10.6. The molecule has 0 aromatic heterocycles. The third-order valence-corrected chi connectivity index (χ3v) is 4.11. The Labute approximate surface area is 145 Å². The van der Waals surface area contributed by atoms with Gasteiger partial charge in [0.1, 0.15) is 0 Å². The maximum atomic E-state index is 13.8. The number of hydrogen-bond acceptors (Lipinski definition) is 3.